The van der Waals surface area contributed by atoms with Crippen molar-refractivity contribution in [3.63, 3.8) is 0 Å². The lowest BCUT2D eigenvalue weighted by molar-refractivity contribution is 0.0808. The summed E-state index contributed by atoms with van der Waals surface area (Å²) in [6.45, 7) is 3.52. The highest BCUT2D eigenvalue weighted by Gasteiger charge is 2.15. The molecule has 4 heteroatoms. The molecule has 0 aliphatic carbocycles. The maximum absolute atomic E-state index is 9.60. The number of pyridine rings is 1. The summed E-state index contributed by atoms with van der Waals surface area (Å²) in [6.07, 6.45) is 2.19. The first-order valence-corrected chi connectivity index (χ1v) is 5.08. The number of halogens is 2. The molecule has 0 aromatic carbocycles. The van der Waals surface area contributed by atoms with Gasteiger partial charge in [-0.15, -0.1) is 0 Å². The molecule has 0 radical (unpaired) electrons. The second-order valence-corrected chi connectivity index (χ2v) is 4.83. The van der Waals surface area contributed by atoms with E-state index in [2.05, 4.69) is 20.9 Å². The number of hydrogen-bond donors (Lipinski definition) is 1. The molecular weight excluding hydrogens is 253 g/mol. The van der Waals surface area contributed by atoms with Gasteiger partial charge in [0.2, 0.25) is 0 Å². The number of aromatic nitrogens is 1. The molecule has 0 aliphatic heterocycles. The van der Waals surface area contributed by atoms with E-state index in [4.69, 9.17) is 11.6 Å². The van der Waals surface area contributed by atoms with Gasteiger partial charge in [-0.2, -0.15) is 0 Å². The normalized spacial score (nSPS) is 11.8. The molecule has 0 spiro atoms. The van der Waals surface area contributed by atoms with Crippen LogP contribution in [-0.2, 0) is 6.42 Å². The first-order valence-electron chi connectivity index (χ1n) is 3.91. The summed E-state index contributed by atoms with van der Waals surface area (Å²) < 4.78 is 0.874. The van der Waals surface area contributed by atoms with Gasteiger partial charge in [-0.05, 0) is 41.4 Å². The van der Waals surface area contributed by atoms with Crippen molar-refractivity contribution in [2.75, 3.05) is 0 Å². The Hall–Kier alpha value is -0.120. The monoisotopic (exact) mass is 263 g/mol. The molecular formula is C9H11BrClNO. The Labute approximate surface area is 91.1 Å². The van der Waals surface area contributed by atoms with E-state index in [0.29, 0.717) is 11.6 Å². The van der Waals surface area contributed by atoms with E-state index < -0.39 is 5.60 Å². The maximum Gasteiger partial charge on any atom is 0.129 e. The summed E-state index contributed by atoms with van der Waals surface area (Å²) in [5.41, 5.74) is 0.236. The van der Waals surface area contributed by atoms with E-state index >= 15 is 0 Å². The first kappa shape index (κ1) is 11.0. The quantitative estimate of drug-likeness (QED) is 0.833. The molecule has 0 bridgehead atoms. The van der Waals surface area contributed by atoms with Crippen LogP contribution >= 0.6 is 27.5 Å². The van der Waals surface area contributed by atoms with Gasteiger partial charge >= 0.3 is 0 Å². The molecule has 0 unspecified atom stereocenters. The highest BCUT2D eigenvalue weighted by Crippen LogP contribution is 2.22. The van der Waals surface area contributed by atoms with Gasteiger partial charge in [-0.25, -0.2) is 4.98 Å². The zero-order valence-corrected chi connectivity index (χ0v) is 9.85. The van der Waals surface area contributed by atoms with Crippen molar-refractivity contribution in [1.82, 2.24) is 4.98 Å². The highest BCUT2D eigenvalue weighted by molar-refractivity contribution is 9.10. The second kappa shape index (κ2) is 3.95. The molecule has 13 heavy (non-hydrogen) atoms. The predicted octanol–water partition coefficient (Wildman–Crippen LogP) is 2.81. The van der Waals surface area contributed by atoms with Crippen molar-refractivity contribution in [1.29, 1.82) is 0 Å². The lowest BCUT2D eigenvalue weighted by atomic mass is 10.00. The minimum absolute atomic E-state index is 0.447. The fourth-order valence-electron chi connectivity index (χ4n) is 1.05. The van der Waals surface area contributed by atoms with Crippen molar-refractivity contribution in [3.8, 4) is 0 Å². The van der Waals surface area contributed by atoms with E-state index in [9.17, 15) is 5.11 Å². The molecule has 0 aliphatic rings. The molecule has 0 fully saturated rings. The maximum atomic E-state index is 9.60. The average Bonchev–Trinajstić information content (AvgIpc) is 1.94. The van der Waals surface area contributed by atoms with Gasteiger partial charge in [0.25, 0.3) is 0 Å². The van der Waals surface area contributed by atoms with E-state index in [1.807, 2.05) is 0 Å². The number of hydrogen-bond acceptors (Lipinski definition) is 2. The van der Waals surface area contributed by atoms with Gasteiger partial charge < -0.3 is 5.11 Å². The Bertz CT molecular complexity index is 309. The third-order valence-corrected chi connectivity index (χ3v) is 2.45. The van der Waals surface area contributed by atoms with Crippen LogP contribution in [0.3, 0.4) is 0 Å². The molecule has 0 saturated heterocycles. The van der Waals surface area contributed by atoms with Crippen molar-refractivity contribution >= 4 is 27.5 Å². The van der Waals surface area contributed by atoms with Gasteiger partial charge in [-0.1, -0.05) is 11.6 Å². The van der Waals surface area contributed by atoms with Crippen LogP contribution in [0.25, 0.3) is 0 Å². The highest BCUT2D eigenvalue weighted by atomic mass is 79.9. The summed E-state index contributed by atoms with van der Waals surface area (Å²) in [5, 5.41) is 10.0. The molecule has 2 nitrogen and oxygen atoms in total. The summed E-state index contributed by atoms with van der Waals surface area (Å²) >= 11 is 9.08. The standard InChI is InChI=1S/C9H11BrClNO/c1-9(2,13)4-6-3-8(11)12-5-7(6)10/h3,5,13H,4H2,1-2H3. The molecule has 72 valence electrons. The van der Waals surface area contributed by atoms with Crippen molar-refractivity contribution in [3.05, 3.63) is 27.5 Å². The van der Waals surface area contributed by atoms with E-state index in [1.54, 1.807) is 26.1 Å². The number of rotatable bonds is 2. The third-order valence-electron chi connectivity index (χ3n) is 1.52. The van der Waals surface area contributed by atoms with Gasteiger partial charge in [0, 0.05) is 17.1 Å². The third kappa shape index (κ3) is 3.63. The van der Waals surface area contributed by atoms with E-state index in [0.717, 1.165) is 10.0 Å². The van der Waals surface area contributed by atoms with E-state index in [-0.39, 0.29) is 0 Å². The second-order valence-electron chi connectivity index (χ2n) is 3.59. The van der Waals surface area contributed by atoms with Gasteiger partial charge in [0.05, 0.1) is 5.60 Å². The Balaban J connectivity index is 2.94. The van der Waals surface area contributed by atoms with E-state index in [1.165, 1.54) is 0 Å². The van der Waals surface area contributed by atoms with Crippen molar-refractivity contribution < 1.29 is 5.11 Å². The molecule has 1 aromatic heterocycles. The molecule has 0 saturated carbocycles. The van der Waals surface area contributed by atoms with Gasteiger partial charge in [0.15, 0.2) is 0 Å². The fraction of sp³-hybridized carbons (Fsp3) is 0.444. The van der Waals surface area contributed by atoms with Crippen molar-refractivity contribution in [2.24, 2.45) is 0 Å². The largest absolute Gasteiger partial charge is 0.390 e. The van der Waals surface area contributed by atoms with Crippen LogP contribution in [0.2, 0.25) is 5.15 Å². The molecule has 1 aromatic rings. The molecule has 0 amide bonds. The van der Waals surface area contributed by atoms with Crippen LogP contribution in [-0.4, -0.2) is 15.7 Å². The van der Waals surface area contributed by atoms with Gasteiger partial charge in [-0.3, -0.25) is 0 Å². The summed E-state index contributed by atoms with van der Waals surface area (Å²) in [6, 6.07) is 1.75. The fourth-order valence-corrected chi connectivity index (χ4v) is 1.59. The molecule has 1 heterocycles. The Morgan fingerprint density at radius 3 is 2.77 bits per heavy atom. The van der Waals surface area contributed by atoms with Gasteiger partial charge in [0.1, 0.15) is 5.15 Å². The van der Waals surface area contributed by atoms with Crippen LogP contribution in [0, 0.1) is 0 Å². The zero-order valence-electron chi connectivity index (χ0n) is 7.51. The van der Waals surface area contributed by atoms with Crippen LogP contribution in [0.5, 0.6) is 0 Å². The topological polar surface area (TPSA) is 33.1 Å². The zero-order chi connectivity index (χ0) is 10.1. The predicted molar refractivity (Wildman–Crippen MR) is 56.9 cm³/mol. The lowest BCUT2D eigenvalue weighted by Crippen LogP contribution is -2.22. The molecule has 1 N–H and O–H groups in total. The van der Waals surface area contributed by atoms with Crippen LogP contribution < -0.4 is 0 Å². The van der Waals surface area contributed by atoms with Crippen LogP contribution in [0.15, 0.2) is 16.7 Å². The smallest absolute Gasteiger partial charge is 0.129 e. The Morgan fingerprint density at radius 2 is 2.23 bits per heavy atom. The molecule has 0 atom stereocenters. The SMILES string of the molecule is CC(C)(O)Cc1cc(Cl)ncc1Br. The van der Waals surface area contributed by atoms with Crippen LogP contribution in [0.4, 0.5) is 0 Å². The lowest BCUT2D eigenvalue weighted by Gasteiger charge is -2.17. The summed E-state index contributed by atoms with van der Waals surface area (Å²) in [4.78, 5) is 3.91. The Kier molecular flexibility index (Phi) is 3.33. The van der Waals surface area contributed by atoms with Crippen molar-refractivity contribution in [2.45, 2.75) is 25.9 Å². The first-order chi connectivity index (χ1) is 5.88. The number of aliphatic hydroxyl groups is 1. The number of nitrogens with zero attached hydrogens (tertiary/aromatic N) is 1. The Morgan fingerprint density at radius 1 is 1.62 bits per heavy atom. The summed E-state index contributed by atoms with van der Waals surface area (Å²) in [5.74, 6) is 0. The minimum Gasteiger partial charge on any atom is -0.390 e. The van der Waals surface area contributed by atoms with Crippen LogP contribution in [0.1, 0.15) is 19.4 Å². The average molecular weight is 265 g/mol. The summed E-state index contributed by atoms with van der Waals surface area (Å²) in [7, 11) is 0. The minimum atomic E-state index is -0.729. The molecule has 1 rings (SSSR count).